The predicted molar refractivity (Wildman–Crippen MR) is 135 cm³/mol. The molecule has 0 aliphatic carbocycles. The molecule has 2 aromatic carbocycles. The zero-order valence-corrected chi connectivity index (χ0v) is 21.9. The van der Waals surface area contributed by atoms with Crippen LogP contribution < -0.4 is 14.4 Å². The molecule has 0 radical (unpaired) electrons. The minimum atomic E-state index is -3.84. The highest BCUT2D eigenvalue weighted by atomic mass is 35.5. The smallest absolute Gasteiger partial charge is 0.244 e. The van der Waals surface area contributed by atoms with E-state index in [1.165, 1.54) is 30.2 Å². The molecular weight excluding hydrogens is 478 g/mol. The van der Waals surface area contributed by atoms with Crippen LogP contribution in [-0.2, 0) is 26.2 Å². The summed E-state index contributed by atoms with van der Waals surface area (Å²) in [5.74, 6) is -0.469. The van der Waals surface area contributed by atoms with E-state index in [9.17, 15) is 18.0 Å². The van der Waals surface area contributed by atoms with Crippen LogP contribution in [0.25, 0.3) is 0 Å². The third-order valence-electron chi connectivity index (χ3n) is 5.17. The number of carbonyl (C=O) groups is 2. The Kier molecular flexibility index (Phi) is 9.35. The number of nitrogens with zero attached hydrogens (tertiary/aromatic N) is 2. The van der Waals surface area contributed by atoms with E-state index in [0.29, 0.717) is 5.75 Å². The normalized spacial score (nSPS) is 12.2. The van der Waals surface area contributed by atoms with Crippen LogP contribution in [0.3, 0.4) is 0 Å². The van der Waals surface area contributed by atoms with E-state index < -0.39 is 28.5 Å². The first kappa shape index (κ1) is 27.5. The standard InChI is InChI=1S/C24H32ClN3O5S/c1-16(2)26-24(30)18(4)27(14-19-9-7-17(3)8-10-19)23(29)15-28(34(6,31)32)20-11-12-22(33-5)21(25)13-20/h7-13,16,18H,14-15H2,1-6H3,(H,26,30)/t18-/m0/s1. The fraction of sp³-hybridized carbons (Fsp3) is 0.417. The number of hydrogen-bond acceptors (Lipinski definition) is 5. The zero-order valence-electron chi connectivity index (χ0n) is 20.3. The van der Waals surface area contributed by atoms with Gasteiger partial charge in [-0.2, -0.15) is 0 Å². The van der Waals surface area contributed by atoms with Crippen molar-refractivity contribution in [2.24, 2.45) is 0 Å². The maximum absolute atomic E-state index is 13.5. The molecule has 0 saturated heterocycles. The van der Waals surface area contributed by atoms with Crippen molar-refractivity contribution in [2.75, 3.05) is 24.2 Å². The lowest BCUT2D eigenvalue weighted by atomic mass is 10.1. The van der Waals surface area contributed by atoms with E-state index in [4.69, 9.17) is 16.3 Å². The van der Waals surface area contributed by atoms with Gasteiger partial charge in [-0.25, -0.2) is 8.42 Å². The van der Waals surface area contributed by atoms with Crippen molar-refractivity contribution < 1.29 is 22.7 Å². The molecule has 2 amide bonds. The van der Waals surface area contributed by atoms with Crippen LogP contribution in [0, 0.1) is 6.92 Å². The van der Waals surface area contributed by atoms with Gasteiger partial charge in [-0.1, -0.05) is 41.4 Å². The number of nitrogens with one attached hydrogen (secondary N) is 1. The Labute approximate surface area is 206 Å². The van der Waals surface area contributed by atoms with Gasteiger partial charge in [0.2, 0.25) is 21.8 Å². The highest BCUT2D eigenvalue weighted by Gasteiger charge is 2.30. The number of benzene rings is 2. The molecule has 0 heterocycles. The Morgan fingerprint density at radius 1 is 1.09 bits per heavy atom. The highest BCUT2D eigenvalue weighted by molar-refractivity contribution is 7.92. The van der Waals surface area contributed by atoms with Crippen molar-refractivity contribution >= 4 is 39.1 Å². The number of aryl methyl sites for hydroxylation is 1. The van der Waals surface area contributed by atoms with Gasteiger partial charge in [0.15, 0.2) is 0 Å². The van der Waals surface area contributed by atoms with Crippen LogP contribution >= 0.6 is 11.6 Å². The summed E-state index contributed by atoms with van der Waals surface area (Å²) in [6, 6.07) is 11.1. The number of rotatable bonds is 10. The summed E-state index contributed by atoms with van der Waals surface area (Å²) >= 11 is 6.19. The molecule has 0 aliphatic rings. The zero-order chi connectivity index (χ0) is 25.6. The molecule has 34 heavy (non-hydrogen) atoms. The van der Waals surface area contributed by atoms with E-state index in [1.54, 1.807) is 6.92 Å². The lowest BCUT2D eigenvalue weighted by molar-refractivity contribution is -0.139. The number of carbonyl (C=O) groups excluding carboxylic acids is 2. The number of methoxy groups -OCH3 is 1. The van der Waals surface area contributed by atoms with Crippen LogP contribution in [0.15, 0.2) is 42.5 Å². The molecule has 2 rings (SSSR count). The van der Waals surface area contributed by atoms with Gasteiger partial charge in [-0.05, 0) is 51.5 Å². The third kappa shape index (κ3) is 7.36. The fourth-order valence-electron chi connectivity index (χ4n) is 3.30. The van der Waals surface area contributed by atoms with Crippen molar-refractivity contribution in [1.29, 1.82) is 0 Å². The Morgan fingerprint density at radius 3 is 2.21 bits per heavy atom. The molecule has 0 aromatic heterocycles. The first-order valence-corrected chi connectivity index (χ1v) is 13.0. The molecule has 186 valence electrons. The van der Waals surface area contributed by atoms with Crippen molar-refractivity contribution in [1.82, 2.24) is 10.2 Å². The second-order valence-corrected chi connectivity index (χ2v) is 10.7. The molecule has 1 atom stereocenters. The molecular formula is C24H32ClN3O5S. The molecule has 8 nitrogen and oxygen atoms in total. The molecule has 0 bridgehead atoms. The molecule has 0 fully saturated rings. The average Bonchev–Trinajstić information content (AvgIpc) is 2.75. The Balaban J connectivity index is 2.40. The van der Waals surface area contributed by atoms with Crippen LogP contribution in [0.1, 0.15) is 31.9 Å². The Hall–Kier alpha value is -2.78. The number of hydrogen-bond donors (Lipinski definition) is 1. The van der Waals surface area contributed by atoms with Gasteiger partial charge in [0, 0.05) is 12.6 Å². The Bertz CT molecular complexity index is 1120. The second kappa shape index (κ2) is 11.6. The molecule has 0 unspecified atom stereocenters. The number of anilines is 1. The van der Waals surface area contributed by atoms with Crippen molar-refractivity contribution in [3.63, 3.8) is 0 Å². The summed E-state index contributed by atoms with van der Waals surface area (Å²) in [6.45, 7) is 6.89. The summed E-state index contributed by atoms with van der Waals surface area (Å²) in [6.07, 6.45) is 1.01. The van der Waals surface area contributed by atoms with Gasteiger partial charge in [0.1, 0.15) is 18.3 Å². The topological polar surface area (TPSA) is 96.0 Å². The quantitative estimate of drug-likeness (QED) is 0.529. The molecule has 0 spiro atoms. The van der Waals surface area contributed by atoms with E-state index in [1.807, 2.05) is 45.0 Å². The number of amides is 2. The summed E-state index contributed by atoms with van der Waals surface area (Å²) in [4.78, 5) is 27.6. The first-order chi connectivity index (χ1) is 15.8. The Morgan fingerprint density at radius 2 is 1.71 bits per heavy atom. The van der Waals surface area contributed by atoms with Crippen LogP contribution in [0.4, 0.5) is 5.69 Å². The van der Waals surface area contributed by atoms with Gasteiger partial charge in [0.25, 0.3) is 0 Å². The molecule has 2 aromatic rings. The monoisotopic (exact) mass is 509 g/mol. The van der Waals surface area contributed by atoms with Gasteiger partial charge in [-0.3, -0.25) is 13.9 Å². The van der Waals surface area contributed by atoms with Crippen molar-refractivity contribution in [3.8, 4) is 5.75 Å². The summed E-state index contributed by atoms with van der Waals surface area (Å²) in [5.41, 5.74) is 2.10. The number of halogens is 1. The molecule has 10 heteroatoms. The van der Waals surface area contributed by atoms with Gasteiger partial charge < -0.3 is 15.0 Å². The number of sulfonamides is 1. The fourth-order valence-corrected chi connectivity index (χ4v) is 4.40. The third-order valence-corrected chi connectivity index (χ3v) is 6.61. The average molecular weight is 510 g/mol. The lowest BCUT2D eigenvalue weighted by Gasteiger charge is -2.32. The van der Waals surface area contributed by atoms with Crippen LogP contribution in [-0.4, -0.2) is 57.1 Å². The minimum Gasteiger partial charge on any atom is -0.495 e. The maximum Gasteiger partial charge on any atom is 0.244 e. The van der Waals surface area contributed by atoms with Crippen molar-refractivity contribution in [2.45, 2.75) is 46.3 Å². The van der Waals surface area contributed by atoms with E-state index in [2.05, 4.69) is 5.32 Å². The molecule has 1 N–H and O–H groups in total. The number of ether oxygens (including phenoxy) is 1. The van der Waals surface area contributed by atoms with Gasteiger partial charge in [0.05, 0.1) is 24.1 Å². The van der Waals surface area contributed by atoms with E-state index in [0.717, 1.165) is 21.7 Å². The summed E-state index contributed by atoms with van der Waals surface area (Å²) < 4.78 is 31.3. The minimum absolute atomic E-state index is 0.111. The lowest BCUT2D eigenvalue weighted by Crippen LogP contribution is -2.52. The largest absolute Gasteiger partial charge is 0.495 e. The van der Waals surface area contributed by atoms with Gasteiger partial charge in [-0.15, -0.1) is 0 Å². The van der Waals surface area contributed by atoms with Gasteiger partial charge >= 0.3 is 0 Å². The van der Waals surface area contributed by atoms with Crippen molar-refractivity contribution in [3.05, 3.63) is 58.6 Å². The van der Waals surface area contributed by atoms with Crippen LogP contribution in [0.5, 0.6) is 5.75 Å². The SMILES string of the molecule is COc1ccc(N(CC(=O)N(Cc2ccc(C)cc2)[C@@H](C)C(=O)NC(C)C)S(C)(=O)=O)cc1Cl. The van der Waals surface area contributed by atoms with E-state index >= 15 is 0 Å². The second-order valence-electron chi connectivity index (χ2n) is 8.43. The first-order valence-electron chi connectivity index (χ1n) is 10.8. The molecule has 0 aliphatic heterocycles. The maximum atomic E-state index is 13.5. The van der Waals surface area contributed by atoms with Crippen LogP contribution in [0.2, 0.25) is 5.02 Å². The summed E-state index contributed by atoms with van der Waals surface area (Å²) in [5, 5.41) is 3.02. The highest BCUT2D eigenvalue weighted by Crippen LogP contribution is 2.30. The summed E-state index contributed by atoms with van der Waals surface area (Å²) in [7, 11) is -2.39. The molecule has 0 saturated carbocycles. The predicted octanol–water partition coefficient (Wildman–Crippen LogP) is 3.36. The van der Waals surface area contributed by atoms with E-state index in [-0.39, 0.29) is 29.2 Å².